The van der Waals surface area contributed by atoms with Gasteiger partial charge in [0.1, 0.15) is 4.90 Å². The molecule has 0 fully saturated rings. The Balaban J connectivity index is 0.000000390. The van der Waals surface area contributed by atoms with Crippen molar-refractivity contribution in [3.05, 3.63) is 78.5 Å². The lowest BCUT2D eigenvalue weighted by Gasteiger charge is -2.11. The second-order valence-corrected chi connectivity index (χ2v) is 8.21. The number of pyridine rings is 2. The Morgan fingerprint density at radius 2 is 1.78 bits per heavy atom. The maximum Gasteiger partial charge on any atom is 0.328 e. The van der Waals surface area contributed by atoms with E-state index in [9.17, 15) is 18.0 Å². The molecule has 11 heteroatoms. The van der Waals surface area contributed by atoms with E-state index in [1.807, 2.05) is 26.1 Å². The third kappa shape index (κ3) is 6.33. The molecule has 0 aliphatic rings. The van der Waals surface area contributed by atoms with Crippen LogP contribution in [0.25, 0.3) is 11.3 Å². The third-order valence-electron chi connectivity index (χ3n) is 4.07. The number of rotatable bonds is 7. The molecule has 3 heterocycles. The van der Waals surface area contributed by atoms with Crippen LogP contribution >= 0.6 is 0 Å². The summed E-state index contributed by atoms with van der Waals surface area (Å²) in [6, 6.07) is 8.69. The molecule has 3 rings (SSSR count). The molecule has 3 aromatic rings. The van der Waals surface area contributed by atoms with Crippen LogP contribution in [-0.2, 0) is 26.2 Å². The maximum absolute atomic E-state index is 13.0. The summed E-state index contributed by atoms with van der Waals surface area (Å²) < 4.78 is 27.4. The molecule has 0 atom stereocenters. The fourth-order valence-corrected chi connectivity index (χ4v) is 4.06. The molecule has 0 aliphatic carbocycles. The quantitative estimate of drug-likeness (QED) is 0.451. The Hall–Kier alpha value is -3.83. The summed E-state index contributed by atoms with van der Waals surface area (Å²) >= 11 is 0. The Morgan fingerprint density at radius 1 is 1.12 bits per heavy atom. The number of hydrogen-bond donors (Lipinski definition) is 3. The summed E-state index contributed by atoms with van der Waals surface area (Å²) in [6.07, 6.45) is 7.35. The molecule has 0 unspecified atom stereocenters. The van der Waals surface area contributed by atoms with Crippen molar-refractivity contribution in [1.82, 2.24) is 19.3 Å². The molecule has 0 spiro atoms. The lowest BCUT2D eigenvalue weighted by atomic mass is 10.1. The van der Waals surface area contributed by atoms with Crippen LogP contribution in [0.5, 0.6) is 0 Å². The highest BCUT2D eigenvalue weighted by molar-refractivity contribution is 7.90. The number of nitrogens with zero attached hydrogens (tertiary/aromatic N) is 3. The van der Waals surface area contributed by atoms with E-state index in [1.54, 1.807) is 36.8 Å². The van der Waals surface area contributed by atoms with Gasteiger partial charge in [0, 0.05) is 54.7 Å². The van der Waals surface area contributed by atoms with Crippen LogP contribution in [0.2, 0.25) is 0 Å². The van der Waals surface area contributed by atoms with Crippen LogP contribution < -0.4 is 5.32 Å². The minimum Gasteiger partial charge on any atom is -0.478 e. The van der Waals surface area contributed by atoms with E-state index in [1.165, 1.54) is 10.2 Å². The minimum absolute atomic E-state index is 0.152. The van der Waals surface area contributed by atoms with Gasteiger partial charge in [-0.2, -0.15) is 0 Å². The Labute approximate surface area is 184 Å². The van der Waals surface area contributed by atoms with Crippen molar-refractivity contribution in [2.24, 2.45) is 0 Å². The van der Waals surface area contributed by atoms with E-state index >= 15 is 0 Å². The van der Waals surface area contributed by atoms with Crippen LogP contribution in [0.1, 0.15) is 11.3 Å². The van der Waals surface area contributed by atoms with E-state index in [4.69, 9.17) is 10.2 Å². The molecule has 0 bridgehead atoms. The number of aryl methyl sites for hydroxylation is 1. The number of carboxylic acid groups (broad SMARTS) is 2. The van der Waals surface area contributed by atoms with E-state index < -0.39 is 22.0 Å². The summed E-state index contributed by atoms with van der Waals surface area (Å²) in [4.78, 5) is 27.5. The first-order valence-corrected chi connectivity index (χ1v) is 10.7. The molecular weight excluding hydrogens is 436 g/mol. The molecule has 3 N–H and O–H groups in total. The molecule has 0 amide bonds. The molecule has 0 saturated heterocycles. The van der Waals surface area contributed by atoms with Crippen LogP contribution in [0.4, 0.5) is 0 Å². The van der Waals surface area contributed by atoms with Crippen molar-refractivity contribution in [2.45, 2.75) is 18.4 Å². The number of hydrogen-bond acceptors (Lipinski definition) is 7. The first-order valence-electron chi connectivity index (χ1n) is 9.24. The van der Waals surface area contributed by atoms with Gasteiger partial charge in [-0.1, -0.05) is 0 Å². The summed E-state index contributed by atoms with van der Waals surface area (Å²) in [5.74, 6) is -2.51. The number of carboxylic acids is 2. The van der Waals surface area contributed by atoms with Gasteiger partial charge in [0.2, 0.25) is 0 Å². The first kappa shape index (κ1) is 24.4. The molecule has 0 saturated carbocycles. The van der Waals surface area contributed by atoms with Gasteiger partial charge in [-0.15, -0.1) is 0 Å². The molecule has 32 heavy (non-hydrogen) atoms. The van der Waals surface area contributed by atoms with Gasteiger partial charge < -0.3 is 15.5 Å². The van der Waals surface area contributed by atoms with E-state index in [0.717, 1.165) is 16.8 Å². The number of aromatic nitrogens is 3. The fourth-order valence-electron chi connectivity index (χ4n) is 2.70. The second-order valence-electron chi connectivity index (χ2n) is 6.40. The summed E-state index contributed by atoms with van der Waals surface area (Å²) in [5, 5.41) is 18.7. The average Bonchev–Trinajstić information content (AvgIpc) is 3.18. The minimum atomic E-state index is -3.73. The standard InChI is InChI=1S/C17H18N4O2S.C4H4O4/c1-13-16(6-4-8-20-13)17-9-14(10-18-2)12-21(17)24(22,23)15-5-3-7-19-11-15;5-3(6)1-2-4(7)8/h3-9,11-12,18H,10H2,1-2H3;1-2H,(H,5,6)(H,7,8)/b;2-1+. The SMILES string of the molecule is CNCc1cc(-c2cccnc2C)n(S(=O)(=O)c2cccnc2)c1.O=C(O)/C=C/C(=O)O. The Morgan fingerprint density at radius 3 is 2.31 bits per heavy atom. The highest BCUT2D eigenvalue weighted by Gasteiger charge is 2.22. The van der Waals surface area contributed by atoms with Crippen molar-refractivity contribution >= 4 is 22.0 Å². The molecular formula is C21H22N4O6S. The van der Waals surface area contributed by atoms with Crippen LogP contribution in [-0.4, -0.2) is 51.6 Å². The highest BCUT2D eigenvalue weighted by Crippen LogP contribution is 2.28. The fraction of sp³-hybridized carbons (Fsp3) is 0.143. The van der Waals surface area contributed by atoms with Crippen molar-refractivity contribution in [1.29, 1.82) is 0 Å². The van der Waals surface area contributed by atoms with Crippen molar-refractivity contribution < 1.29 is 28.2 Å². The van der Waals surface area contributed by atoms with Crippen molar-refractivity contribution in [2.75, 3.05) is 7.05 Å². The van der Waals surface area contributed by atoms with E-state index in [-0.39, 0.29) is 4.90 Å². The van der Waals surface area contributed by atoms with E-state index in [2.05, 4.69) is 15.3 Å². The summed E-state index contributed by atoms with van der Waals surface area (Å²) in [7, 11) is -1.91. The number of aliphatic carboxylic acids is 2. The van der Waals surface area contributed by atoms with E-state index in [0.29, 0.717) is 24.4 Å². The third-order valence-corrected chi connectivity index (χ3v) is 5.72. The lowest BCUT2D eigenvalue weighted by Crippen LogP contribution is -2.14. The van der Waals surface area contributed by atoms with Gasteiger partial charge in [0.05, 0.1) is 5.69 Å². The smallest absolute Gasteiger partial charge is 0.328 e. The average molecular weight is 458 g/mol. The Bertz CT molecular complexity index is 1200. The molecule has 10 nitrogen and oxygen atoms in total. The largest absolute Gasteiger partial charge is 0.478 e. The van der Waals surface area contributed by atoms with Crippen LogP contribution in [0, 0.1) is 6.92 Å². The number of carbonyl (C=O) groups is 2. The van der Waals surface area contributed by atoms with Crippen molar-refractivity contribution in [3.63, 3.8) is 0 Å². The van der Waals surface area contributed by atoms with Gasteiger partial charge in [-0.25, -0.2) is 22.0 Å². The lowest BCUT2D eigenvalue weighted by molar-refractivity contribution is -0.134. The molecule has 0 radical (unpaired) electrons. The normalized spacial score (nSPS) is 11.1. The zero-order valence-electron chi connectivity index (χ0n) is 17.3. The number of nitrogens with one attached hydrogen (secondary N) is 1. The molecule has 168 valence electrons. The zero-order valence-corrected chi connectivity index (χ0v) is 18.2. The second kappa shape index (κ2) is 11.0. The van der Waals surface area contributed by atoms with Crippen LogP contribution in [0.3, 0.4) is 0 Å². The maximum atomic E-state index is 13.0. The highest BCUT2D eigenvalue weighted by atomic mass is 32.2. The first-order chi connectivity index (χ1) is 15.2. The monoisotopic (exact) mass is 458 g/mol. The van der Waals surface area contributed by atoms with Crippen molar-refractivity contribution in [3.8, 4) is 11.3 Å². The van der Waals surface area contributed by atoms with Gasteiger partial charge in [0.25, 0.3) is 10.0 Å². The van der Waals surface area contributed by atoms with Crippen LogP contribution in [0.15, 0.2) is 72.2 Å². The van der Waals surface area contributed by atoms with Gasteiger partial charge in [0.15, 0.2) is 0 Å². The van der Waals surface area contributed by atoms with Gasteiger partial charge in [-0.05, 0) is 49.9 Å². The molecule has 3 aromatic heterocycles. The molecule has 0 aromatic carbocycles. The summed E-state index contributed by atoms with van der Waals surface area (Å²) in [6.45, 7) is 2.43. The predicted molar refractivity (Wildman–Crippen MR) is 116 cm³/mol. The zero-order chi connectivity index (χ0) is 23.7. The van der Waals surface area contributed by atoms with Gasteiger partial charge >= 0.3 is 11.9 Å². The summed E-state index contributed by atoms with van der Waals surface area (Å²) in [5.41, 5.74) is 3.03. The Kier molecular flexibility index (Phi) is 8.38. The predicted octanol–water partition coefficient (Wildman–Crippen LogP) is 1.92. The topological polar surface area (TPSA) is 151 Å². The molecule has 0 aliphatic heterocycles. The van der Waals surface area contributed by atoms with Gasteiger partial charge in [-0.3, -0.25) is 9.97 Å².